The molecule has 0 radical (unpaired) electrons. The molecule has 1 aromatic heterocycles. The Labute approximate surface area is 126 Å². The molecule has 0 spiro atoms. The molecule has 0 saturated carbocycles. The number of hydrogen-bond acceptors (Lipinski definition) is 4. The second-order valence-corrected chi connectivity index (χ2v) is 6.88. The molecule has 1 aromatic rings. The third-order valence-corrected chi connectivity index (χ3v) is 5.27. The highest BCUT2D eigenvalue weighted by atomic mass is 32.2. The Kier molecular flexibility index (Phi) is 6.39. The molecule has 0 aliphatic carbocycles. The van der Waals surface area contributed by atoms with Gasteiger partial charge < -0.3 is 0 Å². The number of nitrogens with two attached hydrogens (primary N) is 1. The van der Waals surface area contributed by atoms with Gasteiger partial charge in [0.25, 0.3) is 0 Å². The van der Waals surface area contributed by atoms with Gasteiger partial charge in [-0.25, -0.2) is 0 Å². The van der Waals surface area contributed by atoms with E-state index in [0.717, 1.165) is 25.3 Å². The number of hydrogen-bond donors (Lipinski definition) is 2. The number of rotatable bonds is 7. The van der Waals surface area contributed by atoms with Crippen LogP contribution in [0.3, 0.4) is 0 Å². The van der Waals surface area contributed by atoms with E-state index in [-0.39, 0.29) is 0 Å². The first-order chi connectivity index (χ1) is 9.76. The molecular formula is C15H28N4S. The average Bonchev–Trinajstić information content (AvgIpc) is 2.89. The summed E-state index contributed by atoms with van der Waals surface area (Å²) in [5.74, 6) is 9.25. The molecular weight excluding hydrogens is 268 g/mol. The lowest BCUT2D eigenvalue weighted by Gasteiger charge is -2.26. The van der Waals surface area contributed by atoms with Crippen molar-refractivity contribution in [1.29, 1.82) is 0 Å². The van der Waals surface area contributed by atoms with Crippen LogP contribution in [0.15, 0.2) is 6.07 Å². The molecule has 0 bridgehead atoms. The summed E-state index contributed by atoms with van der Waals surface area (Å²) >= 11 is 2.08. The summed E-state index contributed by atoms with van der Waals surface area (Å²) in [6, 6.07) is 2.61. The lowest BCUT2D eigenvalue weighted by Crippen LogP contribution is -2.39. The molecule has 1 aliphatic rings. The number of thioether (sulfide) groups is 1. The van der Waals surface area contributed by atoms with E-state index in [1.54, 1.807) is 0 Å². The Bertz CT molecular complexity index is 399. The quantitative estimate of drug-likeness (QED) is 0.599. The first-order valence-corrected chi connectivity index (χ1v) is 9.01. The van der Waals surface area contributed by atoms with Crippen molar-refractivity contribution in [2.45, 2.75) is 58.5 Å². The van der Waals surface area contributed by atoms with Crippen LogP contribution in [0.4, 0.5) is 0 Å². The summed E-state index contributed by atoms with van der Waals surface area (Å²) < 4.78 is 2.12. The van der Waals surface area contributed by atoms with Crippen molar-refractivity contribution in [3.05, 3.63) is 17.5 Å². The lowest BCUT2D eigenvalue weighted by molar-refractivity contribution is 0.360. The summed E-state index contributed by atoms with van der Waals surface area (Å²) in [5.41, 5.74) is 5.53. The topological polar surface area (TPSA) is 55.9 Å². The minimum absolute atomic E-state index is 0.370. The van der Waals surface area contributed by atoms with Crippen LogP contribution in [0, 0.1) is 5.92 Å². The summed E-state index contributed by atoms with van der Waals surface area (Å²) in [7, 11) is 0. The molecule has 0 amide bonds. The molecule has 0 aromatic carbocycles. The number of nitrogens with zero attached hydrogens (tertiary/aromatic N) is 2. The van der Waals surface area contributed by atoms with Gasteiger partial charge in [0.1, 0.15) is 0 Å². The van der Waals surface area contributed by atoms with Crippen LogP contribution in [-0.4, -0.2) is 27.3 Å². The predicted octanol–water partition coefficient (Wildman–Crippen LogP) is 2.37. The number of hydrazine groups is 1. The van der Waals surface area contributed by atoms with Crippen LogP contribution < -0.4 is 11.3 Å². The minimum atomic E-state index is 0.370. The fourth-order valence-corrected chi connectivity index (χ4v) is 4.18. The van der Waals surface area contributed by atoms with Crippen LogP contribution in [0.5, 0.6) is 0 Å². The highest BCUT2D eigenvalue weighted by Crippen LogP contribution is 2.27. The van der Waals surface area contributed by atoms with E-state index in [9.17, 15) is 0 Å². The van der Waals surface area contributed by atoms with Gasteiger partial charge >= 0.3 is 0 Å². The molecule has 1 saturated heterocycles. The van der Waals surface area contributed by atoms with E-state index >= 15 is 0 Å². The molecule has 4 nitrogen and oxygen atoms in total. The highest BCUT2D eigenvalue weighted by Gasteiger charge is 2.20. The average molecular weight is 296 g/mol. The van der Waals surface area contributed by atoms with Crippen LogP contribution >= 0.6 is 11.8 Å². The van der Waals surface area contributed by atoms with Crippen molar-refractivity contribution in [2.75, 3.05) is 11.5 Å². The van der Waals surface area contributed by atoms with Crippen molar-refractivity contribution >= 4 is 11.8 Å². The lowest BCUT2D eigenvalue weighted by atomic mass is 9.92. The Balaban J connectivity index is 1.96. The second-order valence-electron chi connectivity index (χ2n) is 5.66. The van der Waals surface area contributed by atoms with Crippen molar-refractivity contribution < 1.29 is 0 Å². The maximum absolute atomic E-state index is 5.78. The van der Waals surface area contributed by atoms with Crippen LogP contribution in [0.2, 0.25) is 0 Å². The molecule has 1 unspecified atom stereocenters. The van der Waals surface area contributed by atoms with Crippen LogP contribution in [0.25, 0.3) is 0 Å². The van der Waals surface area contributed by atoms with Crippen molar-refractivity contribution in [3.8, 4) is 0 Å². The molecule has 114 valence electrons. The SMILES string of the molecule is CCc1cc(CC(CC2CCSCC2)NN)n(CC)n1. The fraction of sp³-hybridized carbons (Fsp3) is 0.800. The Hall–Kier alpha value is -0.520. The zero-order valence-corrected chi connectivity index (χ0v) is 13.6. The van der Waals surface area contributed by atoms with Gasteiger partial charge in [0.05, 0.1) is 5.69 Å². The molecule has 1 aliphatic heterocycles. The number of nitrogens with one attached hydrogen (secondary N) is 1. The maximum Gasteiger partial charge on any atom is 0.0624 e. The predicted molar refractivity (Wildman–Crippen MR) is 86.8 cm³/mol. The van der Waals surface area contributed by atoms with E-state index in [0.29, 0.717) is 6.04 Å². The zero-order chi connectivity index (χ0) is 14.4. The molecule has 2 rings (SSSR count). The zero-order valence-electron chi connectivity index (χ0n) is 12.8. The fourth-order valence-electron chi connectivity index (χ4n) is 2.97. The van der Waals surface area contributed by atoms with Crippen molar-refractivity contribution in [1.82, 2.24) is 15.2 Å². The Morgan fingerprint density at radius 2 is 2.20 bits per heavy atom. The minimum Gasteiger partial charge on any atom is -0.271 e. The van der Waals surface area contributed by atoms with Gasteiger partial charge in [0.15, 0.2) is 0 Å². The number of aryl methyl sites for hydroxylation is 2. The van der Waals surface area contributed by atoms with Crippen LogP contribution in [0.1, 0.15) is 44.5 Å². The van der Waals surface area contributed by atoms with Gasteiger partial charge in [-0.2, -0.15) is 16.9 Å². The van der Waals surface area contributed by atoms with E-state index < -0.39 is 0 Å². The second kappa shape index (κ2) is 8.05. The van der Waals surface area contributed by atoms with E-state index in [1.807, 2.05) is 0 Å². The number of aromatic nitrogens is 2. The normalized spacial score (nSPS) is 18.4. The molecule has 20 heavy (non-hydrogen) atoms. The maximum atomic E-state index is 5.78. The largest absolute Gasteiger partial charge is 0.271 e. The third-order valence-electron chi connectivity index (χ3n) is 4.23. The third kappa shape index (κ3) is 4.24. The first kappa shape index (κ1) is 15.9. The molecule has 1 fully saturated rings. The van der Waals surface area contributed by atoms with Gasteiger partial charge in [-0.1, -0.05) is 6.92 Å². The van der Waals surface area contributed by atoms with Crippen LogP contribution in [-0.2, 0) is 19.4 Å². The highest BCUT2D eigenvalue weighted by molar-refractivity contribution is 7.99. The van der Waals surface area contributed by atoms with Crippen molar-refractivity contribution in [3.63, 3.8) is 0 Å². The van der Waals surface area contributed by atoms with Gasteiger partial charge in [0.2, 0.25) is 0 Å². The summed E-state index contributed by atoms with van der Waals surface area (Å²) in [4.78, 5) is 0. The molecule has 5 heteroatoms. The van der Waals surface area contributed by atoms with E-state index in [1.165, 1.54) is 42.2 Å². The van der Waals surface area contributed by atoms with Gasteiger partial charge in [-0.15, -0.1) is 0 Å². The van der Waals surface area contributed by atoms with Gasteiger partial charge in [-0.3, -0.25) is 16.0 Å². The Morgan fingerprint density at radius 1 is 1.45 bits per heavy atom. The molecule has 1 atom stereocenters. The van der Waals surface area contributed by atoms with Crippen molar-refractivity contribution in [2.24, 2.45) is 11.8 Å². The smallest absolute Gasteiger partial charge is 0.0624 e. The molecule has 2 heterocycles. The standard InChI is InChI=1S/C15H28N4S/c1-3-13-10-15(19(4-2)18-13)11-14(17-16)9-12-5-7-20-8-6-12/h10,12,14,17H,3-9,11,16H2,1-2H3. The summed E-state index contributed by atoms with van der Waals surface area (Å²) in [5, 5.41) is 4.63. The van der Waals surface area contributed by atoms with Gasteiger partial charge in [-0.05, 0) is 56.1 Å². The monoisotopic (exact) mass is 296 g/mol. The van der Waals surface area contributed by atoms with E-state index in [2.05, 4.69) is 46.9 Å². The van der Waals surface area contributed by atoms with E-state index in [4.69, 9.17) is 5.84 Å². The van der Waals surface area contributed by atoms with Gasteiger partial charge in [0, 0.05) is 24.7 Å². The Morgan fingerprint density at radius 3 is 2.80 bits per heavy atom. The summed E-state index contributed by atoms with van der Waals surface area (Å²) in [6.07, 6.45) is 5.86. The summed E-state index contributed by atoms with van der Waals surface area (Å²) in [6.45, 7) is 5.25. The first-order valence-electron chi connectivity index (χ1n) is 7.86. The molecule has 3 N–H and O–H groups in total.